The maximum atomic E-state index is 12.0. The number of anilines is 1. The van der Waals surface area contributed by atoms with Crippen LogP contribution in [0.3, 0.4) is 0 Å². The molecule has 0 spiro atoms. The summed E-state index contributed by atoms with van der Waals surface area (Å²) in [6.07, 6.45) is 2.77. The van der Waals surface area contributed by atoms with Gasteiger partial charge in [0.1, 0.15) is 11.5 Å². The molecule has 3 rings (SSSR count). The summed E-state index contributed by atoms with van der Waals surface area (Å²) in [6.45, 7) is 1.02. The van der Waals surface area contributed by atoms with Gasteiger partial charge in [-0.05, 0) is 55.8 Å². The molecule has 1 atom stereocenters. The largest absolute Gasteiger partial charge is 0.457 e. The van der Waals surface area contributed by atoms with E-state index in [-0.39, 0.29) is 18.3 Å². The van der Waals surface area contributed by atoms with Gasteiger partial charge in [-0.2, -0.15) is 0 Å². The van der Waals surface area contributed by atoms with Crippen molar-refractivity contribution < 1.29 is 9.53 Å². The molecule has 0 radical (unpaired) electrons. The molecule has 0 bridgehead atoms. The summed E-state index contributed by atoms with van der Waals surface area (Å²) < 4.78 is 5.72. The Morgan fingerprint density at radius 1 is 1.09 bits per heavy atom. The Hall–Kier alpha value is -2.04. The van der Waals surface area contributed by atoms with Crippen LogP contribution in [0.15, 0.2) is 54.6 Å². The van der Waals surface area contributed by atoms with E-state index in [9.17, 15) is 4.79 Å². The summed E-state index contributed by atoms with van der Waals surface area (Å²) in [4.78, 5) is 12.0. The number of amides is 1. The number of halogens is 1. The molecule has 0 aromatic heterocycles. The topological polar surface area (TPSA) is 50.4 Å². The Kier molecular flexibility index (Phi) is 6.44. The zero-order valence-corrected chi connectivity index (χ0v) is 13.6. The summed E-state index contributed by atoms with van der Waals surface area (Å²) in [5.74, 6) is 1.60. The summed E-state index contributed by atoms with van der Waals surface area (Å²) in [5.41, 5.74) is 0.795. The van der Waals surface area contributed by atoms with Crippen molar-refractivity contribution in [1.29, 1.82) is 0 Å². The van der Waals surface area contributed by atoms with Crippen LogP contribution in [0.5, 0.6) is 11.5 Å². The first-order chi connectivity index (χ1) is 10.8. The van der Waals surface area contributed by atoms with Crippen molar-refractivity contribution in [2.45, 2.75) is 25.3 Å². The molecule has 1 unspecified atom stereocenters. The summed E-state index contributed by atoms with van der Waals surface area (Å²) in [6, 6.07) is 17.4. The first-order valence-electron chi connectivity index (χ1n) is 7.66. The fraction of sp³-hybridized carbons (Fsp3) is 0.278. The van der Waals surface area contributed by atoms with Gasteiger partial charge in [-0.15, -0.1) is 12.4 Å². The molecule has 2 aromatic rings. The van der Waals surface area contributed by atoms with E-state index < -0.39 is 0 Å². The van der Waals surface area contributed by atoms with Gasteiger partial charge in [0.05, 0.1) is 0 Å². The molecule has 1 aliphatic rings. The molecular weight excluding hydrogens is 312 g/mol. The molecule has 1 amide bonds. The molecule has 23 heavy (non-hydrogen) atoms. The zero-order valence-electron chi connectivity index (χ0n) is 12.8. The number of carbonyl (C=O) groups excluding carboxylic acids is 1. The zero-order chi connectivity index (χ0) is 15.2. The standard InChI is InChI=1S/C18H20N2O2.ClH/c21-18(13-15-5-4-12-19-15)20-14-8-10-17(11-9-14)22-16-6-2-1-3-7-16;/h1-3,6-11,15,19H,4-5,12-13H2,(H,20,21);1H. The molecule has 2 aromatic carbocycles. The maximum absolute atomic E-state index is 12.0. The Balaban J connectivity index is 0.00000192. The number of para-hydroxylation sites is 1. The van der Waals surface area contributed by atoms with E-state index in [4.69, 9.17) is 4.74 Å². The van der Waals surface area contributed by atoms with E-state index in [0.717, 1.165) is 36.6 Å². The molecule has 1 heterocycles. The van der Waals surface area contributed by atoms with Crippen LogP contribution in [0, 0.1) is 0 Å². The normalized spacial score (nSPS) is 16.4. The average Bonchev–Trinajstić information content (AvgIpc) is 3.03. The number of benzene rings is 2. The second-order valence-electron chi connectivity index (χ2n) is 5.49. The van der Waals surface area contributed by atoms with Gasteiger partial charge in [-0.1, -0.05) is 18.2 Å². The fourth-order valence-corrected chi connectivity index (χ4v) is 2.60. The number of carbonyl (C=O) groups is 1. The second kappa shape index (κ2) is 8.56. The van der Waals surface area contributed by atoms with Crippen molar-refractivity contribution in [2.75, 3.05) is 11.9 Å². The highest BCUT2D eigenvalue weighted by Crippen LogP contribution is 2.22. The third-order valence-corrected chi connectivity index (χ3v) is 3.71. The molecule has 1 saturated heterocycles. The molecule has 0 aliphatic carbocycles. The van der Waals surface area contributed by atoms with Gasteiger partial charge in [0.2, 0.25) is 5.91 Å². The highest BCUT2D eigenvalue weighted by Gasteiger charge is 2.17. The Morgan fingerprint density at radius 2 is 1.78 bits per heavy atom. The Labute approximate surface area is 142 Å². The van der Waals surface area contributed by atoms with Crippen LogP contribution in [-0.4, -0.2) is 18.5 Å². The van der Waals surface area contributed by atoms with Crippen molar-refractivity contribution >= 4 is 24.0 Å². The average molecular weight is 333 g/mol. The molecule has 4 nitrogen and oxygen atoms in total. The number of hydrogen-bond donors (Lipinski definition) is 2. The van der Waals surface area contributed by atoms with E-state index in [1.807, 2.05) is 54.6 Å². The van der Waals surface area contributed by atoms with Crippen LogP contribution in [0.1, 0.15) is 19.3 Å². The number of ether oxygens (including phenoxy) is 1. The molecule has 2 N–H and O–H groups in total. The lowest BCUT2D eigenvalue weighted by Gasteiger charge is -2.11. The third kappa shape index (κ3) is 5.27. The lowest BCUT2D eigenvalue weighted by Crippen LogP contribution is -2.27. The van der Waals surface area contributed by atoms with Crippen LogP contribution in [0.4, 0.5) is 5.69 Å². The predicted octanol–water partition coefficient (Wildman–Crippen LogP) is 3.98. The second-order valence-corrected chi connectivity index (χ2v) is 5.49. The van der Waals surface area contributed by atoms with Crippen LogP contribution < -0.4 is 15.4 Å². The summed E-state index contributed by atoms with van der Waals surface area (Å²) >= 11 is 0. The van der Waals surface area contributed by atoms with Crippen molar-refractivity contribution in [3.8, 4) is 11.5 Å². The van der Waals surface area contributed by atoms with Crippen molar-refractivity contribution in [2.24, 2.45) is 0 Å². The molecule has 1 fully saturated rings. The Bertz CT molecular complexity index is 611. The van der Waals surface area contributed by atoms with Crippen LogP contribution in [0.2, 0.25) is 0 Å². The predicted molar refractivity (Wildman–Crippen MR) is 94.5 cm³/mol. The first kappa shape index (κ1) is 17.3. The third-order valence-electron chi connectivity index (χ3n) is 3.71. The van der Waals surface area contributed by atoms with E-state index in [1.54, 1.807) is 0 Å². The van der Waals surface area contributed by atoms with Crippen molar-refractivity contribution in [3.63, 3.8) is 0 Å². The molecule has 0 saturated carbocycles. The number of nitrogens with one attached hydrogen (secondary N) is 2. The maximum Gasteiger partial charge on any atom is 0.225 e. The molecule has 1 aliphatic heterocycles. The van der Waals surface area contributed by atoms with Crippen LogP contribution in [0.25, 0.3) is 0 Å². The minimum absolute atomic E-state index is 0. The summed E-state index contributed by atoms with van der Waals surface area (Å²) in [5, 5.41) is 6.25. The minimum atomic E-state index is 0. The van der Waals surface area contributed by atoms with Gasteiger partial charge in [-0.3, -0.25) is 4.79 Å². The minimum Gasteiger partial charge on any atom is -0.457 e. The van der Waals surface area contributed by atoms with Crippen molar-refractivity contribution in [1.82, 2.24) is 5.32 Å². The number of rotatable bonds is 5. The van der Waals surface area contributed by atoms with E-state index >= 15 is 0 Å². The molecular formula is C18H21ClN2O2. The van der Waals surface area contributed by atoms with Crippen LogP contribution in [-0.2, 0) is 4.79 Å². The fourth-order valence-electron chi connectivity index (χ4n) is 2.60. The highest BCUT2D eigenvalue weighted by molar-refractivity contribution is 5.91. The van der Waals surface area contributed by atoms with E-state index in [0.29, 0.717) is 12.5 Å². The Morgan fingerprint density at radius 3 is 2.43 bits per heavy atom. The van der Waals surface area contributed by atoms with Gasteiger partial charge < -0.3 is 15.4 Å². The summed E-state index contributed by atoms with van der Waals surface area (Å²) in [7, 11) is 0. The lowest BCUT2D eigenvalue weighted by molar-refractivity contribution is -0.116. The number of hydrogen-bond acceptors (Lipinski definition) is 3. The van der Waals surface area contributed by atoms with Gasteiger partial charge in [0.15, 0.2) is 0 Å². The first-order valence-corrected chi connectivity index (χ1v) is 7.66. The SMILES string of the molecule is Cl.O=C(CC1CCCN1)Nc1ccc(Oc2ccccc2)cc1. The lowest BCUT2D eigenvalue weighted by atomic mass is 10.1. The van der Waals surface area contributed by atoms with E-state index in [1.165, 1.54) is 0 Å². The van der Waals surface area contributed by atoms with Gasteiger partial charge in [0, 0.05) is 18.2 Å². The van der Waals surface area contributed by atoms with Crippen molar-refractivity contribution in [3.05, 3.63) is 54.6 Å². The highest BCUT2D eigenvalue weighted by atomic mass is 35.5. The monoisotopic (exact) mass is 332 g/mol. The quantitative estimate of drug-likeness (QED) is 0.870. The van der Waals surface area contributed by atoms with E-state index in [2.05, 4.69) is 10.6 Å². The molecule has 122 valence electrons. The molecule has 5 heteroatoms. The van der Waals surface area contributed by atoms with Crippen LogP contribution >= 0.6 is 12.4 Å². The van der Waals surface area contributed by atoms with Gasteiger partial charge in [0.25, 0.3) is 0 Å². The van der Waals surface area contributed by atoms with Gasteiger partial charge >= 0.3 is 0 Å². The smallest absolute Gasteiger partial charge is 0.225 e. The van der Waals surface area contributed by atoms with Gasteiger partial charge in [-0.25, -0.2) is 0 Å².